The number of hydrogen-bond donors (Lipinski definition) is 2. The highest BCUT2D eigenvalue weighted by Gasteiger charge is 2.51. The maximum atomic E-state index is 11.9. The topological polar surface area (TPSA) is 84.0 Å². The molecule has 6 heteroatoms. The minimum atomic E-state index is -0.844. The Morgan fingerprint density at radius 3 is 2.72 bits per heavy atom. The first kappa shape index (κ1) is 11.1. The summed E-state index contributed by atoms with van der Waals surface area (Å²) in [5.74, 6) is 1.14. The normalized spacial score (nSPS) is 25.5. The average Bonchev–Trinajstić information content (AvgIpc) is 2.78. The first-order valence-electron chi connectivity index (χ1n) is 5.98. The van der Waals surface area contributed by atoms with E-state index in [1.54, 1.807) is 6.20 Å². The molecule has 0 aromatic carbocycles. The predicted molar refractivity (Wildman–Crippen MR) is 63.9 cm³/mol. The molecule has 3 heterocycles. The second kappa shape index (κ2) is 3.51. The molecule has 0 bridgehead atoms. The Balaban J connectivity index is 1.96. The highest BCUT2D eigenvalue weighted by Crippen LogP contribution is 2.35. The summed E-state index contributed by atoms with van der Waals surface area (Å²) in [6, 6.07) is 0. The average molecular weight is 246 g/mol. The Bertz CT molecular complexity index is 555. The van der Waals surface area contributed by atoms with Crippen molar-refractivity contribution >= 4 is 17.6 Å². The summed E-state index contributed by atoms with van der Waals surface area (Å²) >= 11 is 0. The lowest BCUT2D eigenvalue weighted by molar-refractivity contribution is -0.125. The van der Waals surface area contributed by atoms with Crippen molar-refractivity contribution in [3.05, 3.63) is 17.6 Å². The lowest BCUT2D eigenvalue weighted by atomic mass is 9.94. The SMILES string of the molecule is CC(C)c1ncc2c(n1)NC1(CC(=O)NC1=O)C2. The molecule has 2 N–H and O–H groups in total. The van der Waals surface area contributed by atoms with Crippen molar-refractivity contribution in [1.82, 2.24) is 15.3 Å². The molecular formula is C12H14N4O2. The molecule has 0 aliphatic carbocycles. The lowest BCUT2D eigenvalue weighted by Gasteiger charge is -2.18. The van der Waals surface area contributed by atoms with Crippen LogP contribution >= 0.6 is 0 Å². The van der Waals surface area contributed by atoms with Crippen LogP contribution in [0.1, 0.15) is 37.6 Å². The summed E-state index contributed by atoms with van der Waals surface area (Å²) in [5.41, 5.74) is 0.0493. The Labute approximate surface area is 104 Å². The molecule has 1 unspecified atom stereocenters. The van der Waals surface area contributed by atoms with Crippen LogP contribution in [0.2, 0.25) is 0 Å². The van der Waals surface area contributed by atoms with Gasteiger partial charge in [0.2, 0.25) is 5.91 Å². The number of amides is 2. The highest BCUT2D eigenvalue weighted by molar-refractivity contribution is 6.10. The first-order valence-corrected chi connectivity index (χ1v) is 5.98. The molecule has 2 amide bonds. The van der Waals surface area contributed by atoms with Gasteiger partial charge in [0.25, 0.3) is 5.91 Å². The smallest absolute Gasteiger partial charge is 0.253 e. The lowest BCUT2D eigenvalue weighted by Crippen LogP contribution is -2.43. The minimum Gasteiger partial charge on any atom is -0.355 e. The number of imide groups is 1. The fraction of sp³-hybridized carbons (Fsp3) is 0.500. The fourth-order valence-electron chi connectivity index (χ4n) is 2.42. The van der Waals surface area contributed by atoms with Crippen molar-refractivity contribution in [3.8, 4) is 0 Å². The van der Waals surface area contributed by atoms with Crippen molar-refractivity contribution in [2.75, 3.05) is 5.32 Å². The summed E-state index contributed by atoms with van der Waals surface area (Å²) in [5, 5.41) is 5.43. The summed E-state index contributed by atoms with van der Waals surface area (Å²) < 4.78 is 0. The van der Waals surface area contributed by atoms with Crippen LogP contribution in [0.4, 0.5) is 5.82 Å². The van der Waals surface area contributed by atoms with Gasteiger partial charge in [-0.05, 0) is 0 Å². The molecule has 1 fully saturated rings. The first-order chi connectivity index (χ1) is 8.50. The summed E-state index contributed by atoms with van der Waals surface area (Å²) in [4.78, 5) is 31.9. The van der Waals surface area contributed by atoms with Crippen LogP contribution in [-0.4, -0.2) is 27.3 Å². The fourth-order valence-corrected chi connectivity index (χ4v) is 2.42. The predicted octanol–water partition coefficient (Wildman–Crippen LogP) is 0.353. The molecule has 1 aromatic heterocycles. The number of carbonyl (C=O) groups is 2. The molecule has 3 rings (SSSR count). The van der Waals surface area contributed by atoms with Crippen LogP contribution in [0.25, 0.3) is 0 Å². The molecule has 6 nitrogen and oxygen atoms in total. The molecule has 2 aliphatic rings. The van der Waals surface area contributed by atoms with E-state index in [9.17, 15) is 9.59 Å². The van der Waals surface area contributed by atoms with Crippen molar-refractivity contribution in [2.45, 2.75) is 38.1 Å². The highest BCUT2D eigenvalue weighted by atomic mass is 16.2. The van der Waals surface area contributed by atoms with Crippen LogP contribution in [0.3, 0.4) is 0 Å². The van der Waals surface area contributed by atoms with E-state index in [1.807, 2.05) is 13.8 Å². The van der Waals surface area contributed by atoms with E-state index >= 15 is 0 Å². The summed E-state index contributed by atoms with van der Waals surface area (Å²) in [7, 11) is 0. The Morgan fingerprint density at radius 2 is 2.11 bits per heavy atom. The molecular weight excluding hydrogens is 232 g/mol. The van der Waals surface area contributed by atoms with Crippen LogP contribution in [0.15, 0.2) is 6.20 Å². The van der Waals surface area contributed by atoms with Crippen molar-refractivity contribution < 1.29 is 9.59 Å². The number of nitrogens with zero attached hydrogens (tertiary/aromatic N) is 2. The van der Waals surface area contributed by atoms with E-state index in [-0.39, 0.29) is 24.2 Å². The van der Waals surface area contributed by atoms with Crippen molar-refractivity contribution in [1.29, 1.82) is 0 Å². The van der Waals surface area contributed by atoms with Gasteiger partial charge >= 0.3 is 0 Å². The van der Waals surface area contributed by atoms with E-state index in [2.05, 4.69) is 20.6 Å². The van der Waals surface area contributed by atoms with Crippen LogP contribution in [0, 0.1) is 0 Å². The van der Waals surface area contributed by atoms with Crippen molar-refractivity contribution in [3.63, 3.8) is 0 Å². The van der Waals surface area contributed by atoms with Gasteiger partial charge in [0, 0.05) is 24.1 Å². The largest absolute Gasteiger partial charge is 0.355 e. The van der Waals surface area contributed by atoms with Gasteiger partial charge in [-0.1, -0.05) is 13.8 Å². The molecule has 1 spiro atoms. The maximum absolute atomic E-state index is 11.9. The third kappa shape index (κ3) is 1.48. The van der Waals surface area contributed by atoms with Gasteiger partial charge in [0.15, 0.2) is 0 Å². The van der Waals surface area contributed by atoms with Gasteiger partial charge in [0.05, 0.1) is 6.42 Å². The molecule has 94 valence electrons. The molecule has 0 radical (unpaired) electrons. The molecule has 1 saturated heterocycles. The van der Waals surface area contributed by atoms with Gasteiger partial charge in [-0.3, -0.25) is 14.9 Å². The third-order valence-electron chi connectivity index (χ3n) is 3.40. The quantitative estimate of drug-likeness (QED) is 0.699. The Hall–Kier alpha value is -1.98. The second-order valence-electron chi connectivity index (χ2n) is 5.19. The minimum absolute atomic E-state index is 0.166. The molecule has 1 atom stereocenters. The van der Waals surface area contributed by atoms with E-state index in [4.69, 9.17) is 0 Å². The monoisotopic (exact) mass is 246 g/mol. The van der Waals surface area contributed by atoms with Gasteiger partial charge in [0.1, 0.15) is 17.2 Å². The molecule has 1 aromatic rings. The van der Waals surface area contributed by atoms with E-state index in [0.29, 0.717) is 12.2 Å². The number of aromatic nitrogens is 2. The third-order valence-corrected chi connectivity index (χ3v) is 3.40. The number of nitrogens with one attached hydrogen (secondary N) is 2. The number of hydrogen-bond acceptors (Lipinski definition) is 5. The second-order valence-corrected chi connectivity index (χ2v) is 5.19. The summed E-state index contributed by atoms with van der Waals surface area (Å²) in [6.07, 6.45) is 2.38. The van der Waals surface area contributed by atoms with Gasteiger partial charge in [-0.2, -0.15) is 0 Å². The zero-order valence-electron chi connectivity index (χ0n) is 10.3. The molecule has 18 heavy (non-hydrogen) atoms. The zero-order chi connectivity index (χ0) is 12.9. The Morgan fingerprint density at radius 1 is 1.33 bits per heavy atom. The number of rotatable bonds is 1. The van der Waals surface area contributed by atoms with Crippen LogP contribution in [0.5, 0.6) is 0 Å². The summed E-state index contributed by atoms with van der Waals surface area (Å²) in [6.45, 7) is 4.02. The van der Waals surface area contributed by atoms with Crippen LogP contribution in [-0.2, 0) is 16.0 Å². The zero-order valence-corrected chi connectivity index (χ0v) is 10.3. The number of fused-ring (bicyclic) bond motifs is 1. The maximum Gasteiger partial charge on any atom is 0.253 e. The van der Waals surface area contributed by atoms with E-state index in [0.717, 1.165) is 11.4 Å². The van der Waals surface area contributed by atoms with E-state index in [1.165, 1.54) is 0 Å². The van der Waals surface area contributed by atoms with Gasteiger partial charge in [-0.25, -0.2) is 9.97 Å². The van der Waals surface area contributed by atoms with Crippen molar-refractivity contribution in [2.24, 2.45) is 0 Å². The number of anilines is 1. The van der Waals surface area contributed by atoms with Gasteiger partial charge in [-0.15, -0.1) is 0 Å². The van der Waals surface area contributed by atoms with E-state index < -0.39 is 5.54 Å². The standard InChI is InChI=1S/C12H14N4O2/c1-6(2)9-13-5-7-3-12(16-10(7)15-9)4-8(17)14-11(12)18/h5-6H,3-4H2,1-2H3,(H,13,15,16)(H,14,17,18). The molecule has 2 aliphatic heterocycles. The molecule has 0 saturated carbocycles. The van der Waals surface area contributed by atoms with Crippen LogP contribution < -0.4 is 10.6 Å². The Kier molecular flexibility index (Phi) is 2.17. The van der Waals surface area contributed by atoms with Gasteiger partial charge < -0.3 is 5.32 Å². The number of carbonyl (C=O) groups excluding carboxylic acids is 2.